The third kappa shape index (κ3) is 3.75. The summed E-state index contributed by atoms with van der Waals surface area (Å²) in [7, 11) is 2.24. The van der Waals surface area contributed by atoms with Crippen LogP contribution in [-0.2, 0) is 6.42 Å². The second kappa shape index (κ2) is 5.03. The van der Waals surface area contributed by atoms with Gasteiger partial charge in [0.25, 0.3) is 0 Å². The van der Waals surface area contributed by atoms with Crippen molar-refractivity contribution in [3.63, 3.8) is 0 Å². The summed E-state index contributed by atoms with van der Waals surface area (Å²) in [6.45, 7) is 9.27. The summed E-state index contributed by atoms with van der Waals surface area (Å²) in [6.07, 6.45) is 1.23. The highest BCUT2D eigenvalue weighted by molar-refractivity contribution is 8.00. The zero-order valence-electron chi connectivity index (χ0n) is 11.4. The van der Waals surface area contributed by atoms with Crippen molar-refractivity contribution in [2.24, 2.45) is 5.41 Å². The Morgan fingerprint density at radius 1 is 1.29 bits per heavy atom. The minimum atomic E-state index is 0.394. The molecule has 1 aromatic rings. The second-order valence-electron chi connectivity index (χ2n) is 6.31. The number of fused-ring (bicyclic) bond motifs is 1. The molecule has 1 unspecified atom stereocenters. The Labute approximate surface area is 110 Å². The van der Waals surface area contributed by atoms with Gasteiger partial charge in [-0.2, -0.15) is 0 Å². The molecule has 2 heteroatoms. The first kappa shape index (κ1) is 13.0. The molecule has 0 N–H and O–H groups in total. The third-order valence-electron chi connectivity index (χ3n) is 2.97. The molecule has 17 heavy (non-hydrogen) atoms. The number of thioether (sulfide) groups is 1. The smallest absolute Gasteiger partial charge is 0.0263 e. The van der Waals surface area contributed by atoms with E-state index in [0.29, 0.717) is 5.41 Å². The van der Waals surface area contributed by atoms with E-state index in [1.807, 2.05) is 11.8 Å². The Morgan fingerprint density at radius 3 is 2.65 bits per heavy atom. The van der Waals surface area contributed by atoms with Crippen molar-refractivity contribution in [2.75, 3.05) is 20.1 Å². The lowest BCUT2D eigenvalue weighted by Gasteiger charge is -2.28. The molecule has 94 valence electrons. The molecule has 1 aliphatic rings. The Morgan fingerprint density at radius 2 is 2.00 bits per heavy atom. The zero-order chi connectivity index (χ0) is 12.5. The lowest BCUT2D eigenvalue weighted by atomic mass is 9.96. The highest BCUT2D eigenvalue weighted by Crippen LogP contribution is 2.37. The van der Waals surface area contributed by atoms with Crippen LogP contribution in [0.15, 0.2) is 29.2 Å². The molecule has 1 aliphatic heterocycles. The fraction of sp³-hybridized carbons (Fsp3) is 0.600. The average Bonchev–Trinajstić information content (AvgIpc) is 2.55. The first-order chi connectivity index (χ1) is 7.94. The molecule has 1 atom stereocenters. The predicted molar refractivity (Wildman–Crippen MR) is 76.7 cm³/mol. The standard InChI is InChI=1S/C15H23NS/c1-15(2,3)11-16(4)10-13-9-12-7-5-6-8-14(12)17-13/h5-8,13H,9-11H2,1-4H3. The van der Waals surface area contributed by atoms with Crippen molar-refractivity contribution in [2.45, 2.75) is 37.3 Å². The van der Waals surface area contributed by atoms with Gasteiger partial charge in [0, 0.05) is 23.2 Å². The molecule has 0 aliphatic carbocycles. The van der Waals surface area contributed by atoms with Crippen molar-refractivity contribution in [1.29, 1.82) is 0 Å². The SMILES string of the molecule is CN(CC1Cc2ccccc2S1)CC(C)(C)C. The Bertz CT molecular complexity index is 356. The summed E-state index contributed by atoms with van der Waals surface area (Å²) in [5.41, 5.74) is 1.93. The molecule has 0 bridgehead atoms. The van der Waals surface area contributed by atoms with Gasteiger partial charge in [-0.15, -0.1) is 11.8 Å². The van der Waals surface area contributed by atoms with E-state index in [9.17, 15) is 0 Å². The van der Waals surface area contributed by atoms with E-state index in [2.05, 4.69) is 57.0 Å². The number of hydrogen-bond acceptors (Lipinski definition) is 2. The maximum absolute atomic E-state index is 2.48. The molecule has 1 nitrogen and oxygen atoms in total. The van der Waals surface area contributed by atoms with Crippen molar-refractivity contribution in [1.82, 2.24) is 4.90 Å². The van der Waals surface area contributed by atoms with Crippen LogP contribution in [0.2, 0.25) is 0 Å². The molecular formula is C15H23NS. The van der Waals surface area contributed by atoms with Crippen molar-refractivity contribution < 1.29 is 0 Å². The van der Waals surface area contributed by atoms with Gasteiger partial charge >= 0.3 is 0 Å². The quantitative estimate of drug-likeness (QED) is 0.804. The molecule has 1 heterocycles. The van der Waals surface area contributed by atoms with Crippen LogP contribution in [-0.4, -0.2) is 30.3 Å². The van der Waals surface area contributed by atoms with Crippen LogP contribution >= 0.6 is 11.8 Å². The van der Waals surface area contributed by atoms with Crippen LogP contribution in [0, 0.1) is 5.41 Å². The molecule has 0 radical (unpaired) electrons. The van der Waals surface area contributed by atoms with E-state index in [1.54, 1.807) is 0 Å². The van der Waals surface area contributed by atoms with E-state index < -0.39 is 0 Å². The van der Waals surface area contributed by atoms with Gasteiger partial charge in [-0.05, 0) is 30.5 Å². The molecule has 0 amide bonds. The highest BCUT2D eigenvalue weighted by Gasteiger charge is 2.24. The van der Waals surface area contributed by atoms with Gasteiger partial charge in [0.05, 0.1) is 0 Å². The number of rotatable bonds is 3. The van der Waals surface area contributed by atoms with E-state index in [1.165, 1.54) is 30.0 Å². The third-order valence-corrected chi connectivity index (χ3v) is 4.27. The number of benzene rings is 1. The molecule has 1 aromatic carbocycles. The van der Waals surface area contributed by atoms with Gasteiger partial charge in [0.1, 0.15) is 0 Å². The van der Waals surface area contributed by atoms with Crippen molar-refractivity contribution in [3.8, 4) is 0 Å². The first-order valence-corrected chi connectivity index (χ1v) is 7.25. The van der Waals surface area contributed by atoms with Crippen molar-refractivity contribution in [3.05, 3.63) is 29.8 Å². The molecule has 0 fully saturated rings. The minimum Gasteiger partial charge on any atom is -0.305 e. The largest absolute Gasteiger partial charge is 0.305 e. The highest BCUT2D eigenvalue weighted by atomic mass is 32.2. The van der Waals surface area contributed by atoms with Gasteiger partial charge in [-0.25, -0.2) is 0 Å². The van der Waals surface area contributed by atoms with E-state index >= 15 is 0 Å². The lowest BCUT2D eigenvalue weighted by Crippen LogP contribution is -2.34. The number of nitrogens with zero attached hydrogens (tertiary/aromatic N) is 1. The number of hydrogen-bond donors (Lipinski definition) is 0. The van der Waals surface area contributed by atoms with Crippen LogP contribution in [0.5, 0.6) is 0 Å². The van der Waals surface area contributed by atoms with Gasteiger partial charge in [0.2, 0.25) is 0 Å². The van der Waals surface area contributed by atoms with Crippen LogP contribution in [0.3, 0.4) is 0 Å². The minimum absolute atomic E-state index is 0.394. The molecular weight excluding hydrogens is 226 g/mol. The summed E-state index contributed by atoms with van der Waals surface area (Å²) in [6, 6.07) is 8.82. The molecule has 0 aromatic heterocycles. The summed E-state index contributed by atoms with van der Waals surface area (Å²) in [5, 5.41) is 0.736. The normalized spacial score (nSPS) is 19.7. The summed E-state index contributed by atoms with van der Waals surface area (Å²) in [5.74, 6) is 0. The predicted octanol–water partition coefficient (Wildman–Crippen LogP) is 3.68. The van der Waals surface area contributed by atoms with Gasteiger partial charge < -0.3 is 4.90 Å². The fourth-order valence-electron chi connectivity index (χ4n) is 2.58. The Hall–Kier alpha value is -0.470. The van der Waals surface area contributed by atoms with Crippen LogP contribution in [0.25, 0.3) is 0 Å². The average molecular weight is 249 g/mol. The van der Waals surface area contributed by atoms with Crippen LogP contribution < -0.4 is 0 Å². The summed E-state index contributed by atoms with van der Waals surface area (Å²) in [4.78, 5) is 3.96. The maximum Gasteiger partial charge on any atom is 0.0263 e. The van der Waals surface area contributed by atoms with Gasteiger partial charge in [0.15, 0.2) is 0 Å². The fourth-order valence-corrected chi connectivity index (χ4v) is 3.99. The lowest BCUT2D eigenvalue weighted by molar-refractivity contribution is 0.228. The molecule has 0 saturated heterocycles. The Balaban J connectivity index is 1.87. The van der Waals surface area contributed by atoms with Gasteiger partial charge in [-0.3, -0.25) is 0 Å². The van der Waals surface area contributed by atoms with E-state index in [0.717, 1.165) is 5.25 Å². The zero-order valence-corrected chi connectivity index (χ0v) is 12.2. The topological polar surface area (TPSA) is 3.24 Å². The Kier molecular flexibility index (Phi) is 3.84. The van der Waals surface area contributed by atoms with Gasteiger partial charge in [-0.1, -0.05) is 39.0 Å². The molecule has 2 rings (SSSR count). The van der Waals surface area contributed by atoms with E-state index in [-0.39, 0.29) is 0 Å². The second-order valence-corrected chi connectivity index (χ2v) is 7.65. The molecule has 0 spiro atoms. The summed E-state index contributed by atoms with van der Waals surface area (Å²) < 4.78 is 0. The molecule has 0 saturated carbocycles. The monoisotopic (exact) mass is 249 g/mol. The summed E-state index contributed by atoms with van der Waals surface area (Å²) >= 11 is 2.05. The maximum atomic E-state index is 2.48. The van der Waals surface area contributed by atoms with Crippen molar-refractivity contribution >= 4 is 11.8 Å². The van der Waals surface area contributed by atoms with E-state index in [4.69, 9.17) is 0 Å². The first-order valence-electron chi connectivity index (χ1n) is 6.37. The van der Waals surface area contributed by atoms with Crippen LogP contribution in [0.4, 0.5) is 0 Å². The van der Waals surface area contributed by atoms with Crippen LogP contribution in [0.1, 0.15) is 26.3 Å².